The first kappa shape index (κ1) is 18.4. The van der Waals surface area contributed by atoms with E-state index in [0.717, 1.165) is 27.6 Å². The summed E-state index contributed by atoms with van der Waals surface area (Å²) in [7, 11) is 0. The third-order valence-electron chi connectivity index (χ3n) is 3.66. The lowest BCUT2D eigenvalue weighted by Gasteiger charge is -2.19. The van der Waals surface area contributed by atoms with Crippen molar-refractivity contribution in [3.05, 3.63) is 54.1 Å². The number of benzene rings is 2. The van der Waals surface area contributed by atoms with Crippen molar-refractivity contribution in [2.45, 2.75) is 44.6 Å². The third-order valence-corrected chi connectivity index (χ3v) is 4.61. The van der Waals surface area contributed by atoms with Gasteiger partial charge in [0.25, 0.3) is 5.91 Å². The van der Waals surface area contributed by atoms with Crippen molar-refractivity contribution in [3.8, 4) is 5.75 Å². The van der Waals surface area contributed by atoms with Crippen LogP contribution < -0.4 is 10.1 Å². The maximum Gasteiger partial charge on any atom is 0.265 e. The minimum absolute atomic E-state index is 0.141. The Morgan fingerprint density at radius 3 is 2.46 bits per heavy atom. The molecule has 2 aromatic rings. The largest absolute Gasteiger partial charge is 0.481 e. The van der Waals surface area contributed by atoms with Crippen LogP contribution >= 0.6 is 11.8 Å². The molecule has 24 heavy (non-hydrogen) atoms. The zero-order valence-electron chi connectivity index (χ0n) is 14.7. The van der Waals surface area contributed by atoms with Crippen LogP contribution in [0.4, 0.5) is 5.69 Å². The molecule has 1 atom stereocenters. The fraction of sp³-hybridized carbons (Fsp3) is 0.350. The molecule has 0 bridgehead atoms. The van der Waals surface area contributed by atoms with E-state index in [1.165, 1.54) is 0 Å². The average Bonchev–Trinajstić information content (AvgIpc) is 2.57. The van der Waals surface area contributed by atoms with Gasteiger partial charge in [-0.05, 0) is 42.4 Å². The van der Waals surface area contributed by atoms with E-state index >= 15 is 0 Å². The predicted molar refractivity (Wildman–Crippen MR) is 102 cm³/mol. The van der Waals surface area contributed by atoms with Gasteiger partial charge in [-0.15, -0.1) is 11.8 Å². The molecule has 0 saturated carbocycles. The van der Waals surface area contributed by atoms with Crippen molar-refractivity contribution in [1.82, 2.24) is 0 Å². The van der Waals surface area contributed by atoms with Crippen LogP contribution in [0.2, 0.25) is 0 Å². The molecule has 2 aromatic carbocycles. The van der Waals surface area contributed by atoms with E-state index in [1.807, 2.05) is 48.5 Å². The normalized spacial score (nSPS) is 12.0. The number of carbonyl (C=O) groups excluding carboxylic acids is 1. The summed E-state index contributed by atoms with van der Waals surface area (Å²) in [6.45, 7) is 8.11. The van der Waals surface area contributed by atoms with E-state index in [1.54, 1.807) is 18.7 Å². The standard InChI is InChI=1S/C20H25NO2S/c1-5-24-19-13-9-7-11-17(19)21-20(22)15(4)23-18-12-8-6-10-16(18)14(2)3/h6-15H,5H2,1-4H3,(H,21,22)/t15-/m0/s1. The fourth-order valence-electron chi connectivity index (χ4n) is 2.39. The average molecular weight is 343 g/mol. The summed E-state index contributed by atoms with van der Waals surface area (Å²) in [5, 5.41) is 2.98. The van der Waals surface area contributed by atoms with Gasteiger partial charge in [-0.2, -0.15) is 0 Å². The molecule has 4 heteroatoms. The van der Waals surface area contributed by atoms with Crippen molar-refractivity contribution in [2.75, 3.05) is 11.1 Å². The molecule has 1 amide bonds. The summed E-state index contributed by atoms with van der Waals surface area (Å²) in [5.74, 6) is 1.93. The summed E-state index contributed by atoms with van der Waals surface area (Å²) in [5.41, 5.74) is 1.95. The summed E-state index contributed by atoms with van der Waals surface area (Å²) in [4.78, 5) is 13.6. The Hall–Kier alpha value is -1.94. The summed E-state index contributed by atoms with van der Waals surface area (Å²) >= 11 is 1.71. The van der Waals surface area contributed by atoms with Crippen LogP contribution in [-0.2, 0) is 4.79 Å². The Labute approximate surface area is 148 Å². The van der Waals surface area contributed by atoms with E-state index in [0.29, 0.717) is 5.92 Å². The van der Waals surface area contributed by atoms with E-state index < -0.39 is 6.10 Å². The van der Waals surface area contributed by atoms with Crippen molar-refractivity contribution in [2.24, 2.45) is 0 Å². The highest BCUT2D eigenvalue weighted by Gasteiger charge is 2.18. The van der Waals surface area contributed by atoms with Crippen molar-refractivity contribution >= 4 is 23.4 Å². The third kappa shape index (κ3) is 4.78. The maximum absolute atomic E-state index is 12.5. The van der Waals surface area contributed by atoms with Crippen molar-refractivity contribution < 1.29 is 9.53 Å². The molecule has 0 heterocycles. The highest BCUT2D eigenvalue weighted by molar-refractivity contribution is 7.99. The van der Waals surface area contributed by atoms with Crippen LogP contribution in [0.25, 0.3) is 0 Å². The first-order chi connectivity index (χ1) is 11.5. The number of hydrogen-bond donors (Lipinski definition) is 1. The lowest BCUT2D eigenvalue weighted by molar-refractivity contribution is -0.122. The second-order valence-electron chi connectivity index (χ2n) is 5.87. The summed E-state index contributed by atoms with van der Waals surface area (Å²) < 4.78 is 5.92. The van der Waals surface area contributed by atoms with Gasteiger partial charge in [-0.25, -0.2) is 0 Å². The Morgan fingerprint density at radius 2 is 1.75 bits per heavy atom. The summed E-state index contributed by atoms with van der Waals surface area (Å²) in [6.07, 6.45) is -0.565. The van der Waals surface area contributed by atoms with Crippen LogP contribution in [-0.4, -0.2) is 17.8 Å². The molecule has 2 rings (SSSR count). The van der Waals surface area contributed by atoms with Gasteiger partial charge in [0, 0.05) is 4.90 Å². The lowest BCUT2D eigenvalue weighted by Crippen LogP contribution is -2.30. The molecule has 0 saturated heterocycles. The second kappa shape index (κ2) is 8.78. The van der Waals surface area contributed by atoms with Gasteiger partial charge in [0.2, 0.25) is 0 Å². The smallest absolute Gasteiger partial charge is 0.265 e. The maximum atomic E-state index is 12.5. The Balaban J connectivity index is 2.08. The van der Waals surface area contributed by atoms with Gasteiger partial charge in [-0.1, -0.05) is 51.1 Å². The van der Waals surface area contributed by atoms with E-state index in [4.69, 9.17) is 4.74 Å². The van der Waals surface area contributed by atoms with E-state index in [-0.39, 0.29) is 5.91 Å². The number of rotatable bonds is 7. The topological polar surface area (TPSA) is 38.3 Å². The molecule has 128 valence electrons. The molecule has 3 nitrogen and oxygen atoms in total. The molecule has 0 radical (unpaired) electrons. The Morgan fingerprint density at radius 1 is 1.08 bits per heavy atom. The van der Waals surface area contributed by atoms with Gasteiger partial charge in [0.15, 0.2) is 6.10 Å². The highest BCUT2D eigenvalue weighted by Crippen LogP contribution is 2.28. The van der Waals surface area contributed by atoms with Gasteiger partial charge >= 0.3 is 0 Å². The first-order valence-electron chi connectivity index (χ1n) is 8.31. The number of hydrogen-bond acceptors (Lipinski definition) is 3. The molecular formula is C20H25NO2S. The number of carbonyl (C=O) groups is 1. The minimum Gasteiger partial charge on any atom is -0.481 e. The SMILES string of the molecule is CCSc1ccccc1NC(=O)[C@H](C)Oc1ccccc1C(C)C. The Kier molecular flexibility index (Phi) is 6.73. The lowest BCUT2D eigenvalue weighted by atomic mass is 10.0. The predicted octanol–water partition coefficient (Wildman–Crippen LogP) is 5.33. The Bertz CT molecular complexity index is 685. The van der Waals surface area contributed by atoms with Gasteiger partial charge in [-0.3, -0.25) is 4.79 Å². The molecule has 0 aromatic heterocycles. The monoisotopic (exact) mass is 343 g/mol. The van der Waals surface area contributed by atoms with Gasteiger partial charge in [0.1, 0.15) is 5.75 Å². The number of amides is 1. The van der Waals surface area contributed by atoms with Crippen LogP contribution in [0, 0.1) is 0 Å². The highest BCUT2D eigenvalue weighted by atomic mass is 32.2. The molecule has 0 aliphatic rings. The molecule has 0 aliphatic heterocycles. The van der Waals surface area contributed by atoms with Crippen molar-refractivity contribution in [3.63, 3.8) is 0 Å². The zero-order valence-corrected chi connectivity index (χ0v) is 15.5. The fourth-order valence-corrected chi connectivity index (χ4v) is 3.15. The molecular weight excluding hydrogens is 318 g/mol. The van der Waals surface area contributed by atoms with E-state index in [2.05, 4.69) is 26.1 Å². The van der Waals surface area contributed by atoms with Crippen LogP contribution in [0.1, 0.15) is 39.2 Å². The molecule has 0 unspecified atom stereocenters. The quantitative estimate of drug-likeness (QED) is 0.691. The molecule has 0 spiro atoms. The second-order valence-corrected chi connectivity index (χ2v) is 7.18. The number of ether oxygens (including phenoxy) is 1. The number of thioether (sulfide) groups is 1. The number of para-hydroxylation sites is 2. The van der Waals surface area contributed by atoms with Crippen molar-refractivity contribution in [1.29, 1.82) is 0 Å². The molecule has 0 fully saturated rings. The van der Waals surface area contributed by atoms with Crippen LogP contribution in [0.15, 0.2) is 53.4 Å². The zero-order chi connectivity index (χ0) is 17.5. The van der Waals surface area contributed by atoms with Crippen LogP contribution in [0.3, 0.4) is 0 Å². The van der Waals surface area contributed by atoms with Gasteiger partial charge in [0.05, 0.1) is 5.69 Å². The first-order valence-corrected chi connectivity index (χ1v) is 9.29. The molecule has 0 aliphatic carbocycles. The summed E-state index contributed by atoms with van der Waals surface area (Å²) in [6, 6.07) is 15.7. The molecule has 1 N–H and O–H groups in total. The van der Waals surface area contributed by atoms with E-state index in [9.17, 15) is 4.79 Å². The van der Waals surface area contributed by atoms with Gasteiger partial charge < -0.3 is 10.1 Å². The number of nitrogens with one attached hydrogen (secondary N) is 1. The number of anilines is 1. The van der Waals surface area contributed by atoms with Crippen LogP contribution in [0.5, 0.6) is 5.75 Å². The minimum atomic E-state index is -0.565.